The monoisotopic (exact) mass is 127 g/mol. The molecule has 1 unspecified atom stereocenters. The van der Waals surface area contributed by atoms with Crippen LogP contribution in [0.25, 0.3) is 0 Å². The lowest BCUT2D eigenvalue weighted by atomic mass is 10.0. The molecule has 1 radical (unpaired) electrons. The van der Waals surface area contributed by atoms with Gasteiger partial charge in [0.15, 0.2) is 0 Å². The van der Waals surface area contributed by atoms with Crippen molar-refractivity contribution in [1.82, 2.24) is 0 Å². The van der Waals surface area contributed by atoms with Crippen molar-refractivity contribution in [2.45, 2.75) is 33.1 Å². The second kappa shape index (κ2) is 4.54. The van der Waals surface area contributed by atoms with Crippen LogP contribution in [0.15, 0.2) is 0 Å². The normalized spacial score (nSPS) is 13.2. The van der Waals surface area contributed by atoms with E-state index in [-0.39, 0.29) is 11.7 Å². The standard InChI is InChI=1S/C8H15O/c1-4-5-6-7(2)8(3)9/h7H,3-6H2,1-2H3. The minimum atomic E-state index is 0.0726. The van der Waals surface area contributed by atoms with Crippen LogP contribution in [-0.2, 0) is 4.79 Å². The Bertz CT molecular complexity index is 86.6. The first kappa shape index (κ1) is 8.67. The van der Waals surface area contributed by atoms with Gasteiger partial charge in [0, 0.05) is 12.8 Å². The third-order valence-electron chi connectivity index (χ3n) is 1.54. The van der Waals surface area contributed by atoms with Gasteiger partial charge in [-0.2, -0.15) is 0 Å². The first-order valence-corrected chi connectivity index (χ1v) is 3.54. The van der Waals surface area contributed by atoms with Crippen molar-refractivity contribution in [3.8, 4) is 0 Å². The molecule has 9 heavy (non-hydrogen) atoms. The lowest BCUT2D eigenvalue weighted by Crippen LogP contribution is -2.05. The molecule has 1 heteroatoms. The van der Waals surface area contributed by atoms with Gasteiger partial charge < -0.3 is 0 Å². The summed E-state index contributed by atoms with van der Waals surface area (Å²) >= 11 is 0. The maximum atomic E-state index is 10.5. The SMILES string of the molecule is [CH2]C(=O)C(C)CCCC. The maximum absolute atomic E-state index is 10.5. The Kier molecular flexibility index (Phi) is 4.37. The van der Waals surface area contributed by atoms with E-state index >= 15 is 0 Å². The third-order valence-corrected chi connectivity index (χ3v) is 1.54. The van der Waals surface area contributed by atoms with Crippen LogP contribution in [0.5, 0.6) is 0 Å². The number of Topliss-reactive ketones (excluding diaryl/α,β-unsaturated/α-hetero) is 1. The molecule has 1 atom stereocenters. The molecule has 0 fully saturated rings. The highest BCUT2D eigenvalue weighted by atomic mass is 16.1. The summed E-state index contributed by atoms with van der Waals surface area (Å²) in [4.78, 5) is 10.5. The average Bonchev–Trinajstić information content (AvgIpc) is 1.82. The Hall–Kier alpha value is -0.330. The van der Waals surface area contributed by atoms with E-state index in [4.69, 9.17) is 0 Å². The van der Waals surface area contributed by atoms with Gasteiger partial charge in [0.05, 0.1) is 0 Å². The largest absolute Gasteiger partial charge is 0.299 e. The van der Waals surface area contributed by atoms with E-state index in [2.05, 4.69) is 13.8 Å². The van der Waals surface area contributed by atoms with Gasteiger partial charge >= 0.3 is 0 Å². The lowest BCUT2D eigenvalue weighted by Gasteiger charge is -2.03. The van der Waals surface area contributed by atoms with Crippen molar-refractivity contribution in [1.29, 1.82) is 0 Å². The summed E-state index contributed by atoms with van der Waals surface area (Å²) in [6.07, 6.45) is 3.30. The molecule has 0 heterocycles. The molecule has 0 bridgehead atoms. The molecule has 0 aliphatic heterocycles. The van der Waals surface area contributed by atoms with E-state index in [9.17, 15) is 4.79 Å². The van der Waals surface area contributed by atoms with E-state index in [0.29, 0.717) is 0 Å². The number of hydrogen-bond acceptors (Lipinski definition) is 1. The smallest absolute Gasteiger partial charge is 0.136 e. The number of unbranched alkanes of at least 4 members (excludes halogenated alkanes) is 1. The van der Waals surface area contributed by atoms with Crippen LogP contribution in [0.4, 0.5) is 0 Å². The van der Waals surface area contributed by atoms with Crippen LogP contribution in [0.1, 0.15) is 33.1 Å². The summed E-state index contributed by atoms with van der Waals surface area (Å²) in [5.74, 6) is 0.244. The van der Waals surface area contributed by atoms with Crippen LogP contribution < -0.4 is 0 Å². The molecule has 0 N–H and O–H groups in total. The fourth-order valence-electron chi connectivity index (χ4n) is 0.671. The second-order valence-corrected chi connectivity index (χ2v) is 2.51. The quantitative estimate of drug-likeness (QED) is 0.566. The average molecular weight is 127 g/mol. The predicted octanol–water partition coefficient (Wildman–Crippen LogP) is 2.22. The Balaban J connectivity index is 3.27. The van der Waals surface area contributed by atoms with Crippen LogP contribution in [0, 0.1) is 12.8 Å². The Morgan fingerprint density at radius 3 is 2.56 bits per heavy atom. The van der Waals surface area contributed by atoms with Gasteiger partial charge in [-0.1, -0.05) is 26.7 Å². The highest BCUT2D eigenvalue weighted by Gasteiger charge is 2.04. The molecule has 0 amide bonds. The van der Waals surface area contributed by atoms with Crippen LogP contribution in [0.3, 0.4) is 0 Å². The molecule has 0 saturated carbocycles. The molecule has 0 aromatic rings. The van der Waals surface area contributed by atoms with E-state index in [1.807, 2.05) is 6.92 Å². The fourth-order valence-corrected chi connectivity index (χ4v) is 0.671. The first-order valence-electron chi connectivity index (χ1n) is 3.54. The summed E-state index contributed by atoms with van der Waals surface area (Å²) in [6.45, 7) is 7.41. The maximum Gasteiger partial charge on any atom is 0.136 e. The molecular formula is C8H15O. The number of rotatable bonds is 4. The van der Waals surface area contributed by atoms with Gasteiger partial charge in [-0.15, -0.1) is 0 Å². The molecule has 0 aliphatic rings. The van der Waals surface area contributed by atoms with Crippen molar-refractivity contribution < 1.29 is 4.79 Å². The first-order chi connectivity index (χ1) is 4.18. The van der Waals surface area contributed by atoms with Gasteiger partial charge in [-0.3, -0.25) is 4.79 Å². The summed E-state index contributed by atoms with van der Waals surface area (Å²) < 4.78 is 0. The van der Waals surface area contributed by atoms with Crippen molar-refractivity contribution in [3.05, 3.63) is 6.92 Å². The number of hydrogen-bond donors (Lipinski definition) is 0. The number of carbonyl (C=O) groups is 1. The minimum Gasteiger partial charge on any atom is -0.299 e. The fraction of sp³-hybridized carbons (Fsp3) is 0.750. The summed E-state index contributed by atoms with van der Waals surface area (Å²) in [5.41, 5.74) is 0. The van der Waals surface area contributed by atoms with Gasteiger partial charge in [0.1, 0.15) is 5.78 Å². The molecule has 0 aromatic heterocycles. The highest BCUT2D eigenvalue weighted by Crippen LogP contribution is 2.07. The topological polar surface area (TPSA) is 17.1 Å². The molecule has 0 rings (SSSR count). The lowest BCUT2D eigenvalue weighted by molar-refractivity contribution is -0.118. The van der Waals surface area contributed by atoms with Gasteiger partial charge in [0.2, 0.25) is 0 Å². The minimum absolute atomic E-state index is 0.0726. The van der Waals surface area contributed by atoms with E-state index in [1.165, 1.54) is 0 Å². The zero-order valence-electron chi connectivity index (χ0n) is 6.31. The molecule has 0 saturated heterocycles. The second-order valence-electron chi connectivity index (χ2n) is 2.51. The Morgan fingerprint density at radius 1 is 1.67 bits per heavy atom. The zero-order chi connectivity index (χ0) is 7.28. The van der Waals surface area contributed by atoms with Gasteiger partial charge in [0.25, 0.3) is 0 Å². The van der Waals surface area contributed by atoms with Crippen molar-refractivity contribution in [2.24, 2.45) is 5.92 Å². The van der Waals surface area contributed by atoms with Gasteiger partial charge in [-0.25, -0.2) is 0 Å². The number of carbonyl (C=O) groups excluding carboxylic acids is 1. The van der Waals surface area contributed by atoms with E-state index in [1.54, 1.807) is 0 Å². The van der Waals surface area contributed by atoms with E-state index < -0.39 is 0 Å². The van der Waals surface area contributed by atoms with Crippen LogP contribution in [-0.4, -0.2) is 5.78 Å². The van der Waals surface area contributed by atoms with E-state index in [0.717, 1.165) is 19.3 Å². The van der Waals surface area contributed by atoms with Crippen LogP contribution in [0.2, 0.25) is 0 Å². The van der Waals surface area contributed by atoms with Crippen LogP contribution >= 0.6 is 0 Å². The molecule has 0 aliphatic carbocycles. The molecule has 0 spiro atoms. The summed E-state index contributed by atoms with van der Waals surface area (Å²) in [7, 11) is 0. The summed E-state index contributed by atoms with van der Waals surface area (Å²) in [5, 5.41) is 0. The molecule has 1 nitrogen and oxygen atoms in total. The Labute approximate surface area is 57.5 Å². The Morgan fingerprint density at radius 2 is 2.22 bits per heavy atom. The van der Waals surface area contributed by atoms with Gasteiger partial charge in [-0.05, 0) is 6.42 Å². The zero-order valence-corrected chi connectivity index (χ0v) is 6.31. The van der Waals surface area contributed by atoms with Crippen molar-refractivity contribution in [2.75, 3.05) is 0 Å². The molecule has 0 aromatic carbocycles. The highest BCUT2D eigenvalue weighted by molar-refractivity contribution is 5.84. The predicted molar refractivity (Wildman–Crippen MR) is 39.1 cm³/mol. The molecule has 53 valence electrons. The number of ketones is 1. The molecular weight excluding hydrogens is 112 g/mol. The third kappa shape index (κ3) is 4.19. The van der Waals surface area contributed by atoms with Crippen molar-refractivity contribution in [3.63, 3.8) is 0 Å². The van der Waals surface area contributed by atoms with Crippen molar-refractivity contribution >= 4 is 5.78 Å². The summed E-state index contributed by atoms with van der Waals surface area (Å²) in [6, 6.07) is 0.